The van der Waals surface area contributed by atoms with E-state index < -0.39 is 17.6 Å². The Balaban J connectivity index is 1.40. The van der Waals surface area contributed by atoms with E-state index in [1.165, 1.54) is 23.9 Å². The number of thioether (sulfide) groups is 1. The first-order valence-electron chi connectivity index (χ1n) is 11.8. The third-order valence-corrected chi connectivity index (χ3v) is 6.88. The fraction of sp³-hybridized carbons (Fsp3) is 0.0333. The quantitative estimate of drug-likeness (QED) is 0.146. The van der Waals surface area contributed by atoms with Crippen molar-refractivity contribution < 1.29 is 18.8 Å². The van der Waals surface area contributed by atoms with Crippen molar-refractivity contribution in [3.05, 3.63) is 130 Å². The normalized spacial score (nSPS) is 11.0. The summed E-state index contributed by atoms with van der Waals surface area (Å²) in [6.45, 7) is 0. The van der Waals surface area contributed by atoms with Gasteiger partial charge in [-0.3, -0.25) is 14.4 Å². The van der Waals surface area contributed by atoms with E-state index in [0.29, 0.717) is 11.3 Å². The van der Waals surface area contributed by atoms with Crippen LogP contribution in [0.5, 0.6) is 0 Å². The Kier molecular flexibility index (Phi) is 9.66. The highest BCUT2D eigenvalue weighted by molar-refractivity contribution is 9.10. The summed E-state index contributed by atoms with van der Waals surface area (Å²) >= 11 is 4.67. The van der Waals surface area contributed by atoms with Gasteiger partial charge in [-0.1, -0.05) is 58.4 Å². The number of hydrogen-bond acceptors (Lipinski definition) is 4. The summed E-state index contributed by atoms with van der Waals surface area (Å²) in [6, 6.07) is 28.8. The van der Waals surface area contributed by atoms with Crippen molar-refractivity contribution in [2.75, 3.05) is 16.4 Å². The third kappa shape index (κ3) is 8.39. The zero-order valence-electron chi connectivity index (χ0n) is 20.5. The van der Waals surface area contributed by atoms with Crippen molar-refractivity contribution in [2.45, 2.75) is 4.90 Å². The van der Waals surface area contributed by atoms with Gasteiger partial charge in [0.05, 0.1) is 11.4 Å². The summed E-state index contributed by atoms with van der Waals surface area (Å²) in [6.07, 6.45) is 1.60. The SMILES string of the molecule is O=C(CSc1ccc(NC(=O)/C(=C/c2ccc(Br)cc2)NC(=O)c2ccccc2)cc1)Nc1ccccc1F. The Morgan fingerprint density at radius 2 is 1.46 bits per heavy atom. The van der Waals surface area contributed by atoms with Gasteiger partial charge in [0.1, 0.15) is 11.5 Å². The molecule has 0 atom stereocenters. The molecule has 9 heteroatoms. The second kappa shape index (κ2) is 13.5. The van der Waals surface area contributed by atoms with Crippen LogP contribution in [-0.4, -0.2) is 23.5 Å². The smallest absolute Gasteiger partial charge is 0.272 e. The lowest BCUT2D eigenvalue weighted by Gasteiger charge is -2.12. The maximum atomic E-state index is 13.7. The molecule has 4 rings (SSSR count). The number of para-hydroxylation sites is 1. The van der Waals surface area contributed by atoms with E-state index in [9.17, 15) is 18.8 Å². The van der Waals surface area contributed by atoms with Gasteiger partial charge in [0, 0.05) is 20.6 Å². The zero-order valence-corrected chi connectivity index (χ0v) is 22.9. The fourth-order valence-electron chi connectivity index (χ4n) is 3.40. The summed E-state index contributed by atoms with van der Waals surface area (Å²) in [7, 11) is 0. The van der Waals surface area contributed by atoms with Gasteiger partial charge >= 0.3 is 0 Å². The lowest BCUT2D eigenvalue weighted by molar-refractivity contribution is -0.114. The maximum absolute atomic E-state index is 13.7. The van der Waals surface area contributed by atoms with E-state index in [4.69, 9.17) is 0 Å². The predicted molar refractivity (Wildman–Crippen MR) is 157 cm³/mol. The number of carbonyl (C=O) groups is 3. The fourth-order valence-corrected chi connectivity index (χ4v) is 4.36. The zero-order chi connectivity index (χ0) is 27.6. The highest BCUT2D eigenvalue weighted by atomic mass is 79.9. The summed E-state index contributed by atoms with van der Waals surface area (Å²) in [5.41, 5.74) is 1.88. The number of amides is 3. The molecule has 0 unspecified atom stereocenters. The number of rotatable bonds is 9. The minimum atomic E-state index is -0.496. The molecule has 0 spiro atoms. The Hall–Kier alpha value is -4.21. The molecule has 0 aliphatic carbocycles. The molecule has 39 heavy (non-hydrogen) atoms. The van der Waals surface area contributed by atoms with Crippen LogP contribution >= 0.6 is 27.7 Å². The lowest BCUT2D eigenvalue weighted by Crippen LogP contribution is -2.30. The molecule has 0 aliphatic rings. The van der Waals surface area contributed by atoms with Crippen LogP contribution in [0.25, 0.3) is 6.08 Å². The van der Waals surface area contributed by atoms with E-state index in [1.54, 1.807) is 72.8 Å². The van der Waals surface area contributed by atoms with Gasteiger partial charge in [-0.2, -0.15) is 0 Å². The van der Waals surface area contributed by atoms with Crippen LogP contribution in [0.1, 0.15) is 15.9 Å². The molecule has 4 aromatic carbocycles. The largest absolute Gasteiger partial charge is 0.323 e. The summed E-state index contributed by atoms with van der Waals surface area (Å²) < 4.78 is 14.6. The summed E-state index contributed by atoms with van der Waals surface area (Å²) in [5.74, 6) is -1.64. The molecular formula is C30H23BrFN3O3S. The second-order valence-corrected chi connectivity index (χ2v) is 10.2. The molecular weight excluding hydrogens is 581 g/mol. The summed E-state index contributed by atoms with van der Waals surface area (Å²) in [4.78, 5) is 38.9. The van der Waals surface area contributed by atoms with Crippen molar-refractivity contribution in [2.24, 2.45) is 0 Å². The highest BCUT2D eigenvalue weighted by Gasteiger charge is 2.15. The molecule has 3 amide bonds. The molecule has 0 saturated heterocycles. The van der Waals surface area contributed by atoms with Crippen molar-refractivity contribution >= 4 is 62.9 Å². The predicted octanol–water partition coefficient (Wildman–Crippen LogP) is 6.73. The van der Waals surface area contributed by atoms with E-state index in [1.807, 2.05) is 24.3 Å². The molecule has 0 bridgehead atoms. The number of benzene rings is 4. The topological polar surface area (TPSA) is 87.3 Å². The Bertz CT molecular complexity index is 1490. The minimum Gasteiger partial charge on any atom is -0.323 e. The third-order valence-electron chi connectivity index (χ3n) is 5.34. The second-order valence-electron chi connectivity index (χ2n) is 8.22. The number of carbonyl (C=O) groups excluding carboxylic acids is 3. The van der Waals surface area contributed by atoms with E-state index >= 15 is 0 Å². The number of nitrogens with one attached hydrogen (secondary N) is 3. The van der Waals surface area contributed by atoms with Gasteiger partial charge in [-0.05, 0) is 72.3 Å². The van der Waals surface area contributed by atoms with Gasteiger partial charge in [0.15, 0.2) is 0 Å². The van der Waals surface area contributed by atoms with Gasteiger partial charge in [0.2, 0.25) is 5.91 Å². The average molecular weight is 605 g/mol. The van der Waals surface area contributed by atoms with Crippen LogP contribution in [0.2, 0.25) is 0 Å². The van der Waals surface area contributed by atoms with Crippen molar-refractivity contribution in [1.82, 2.24) is 5.32 Å². The monoisotopic (exact) mass is 603 g/mol. The van der Waals surface area contributed by atoms with E-state index in [2.05, 4.69) is 31.9 Å². The molecule has 4 aromatic rings. The lowest BCUT2D eigenvalue weighted by atomic mass is 10.1. The van der Waals surface area contributed by atoms with Crippen molar-refractivity contribution in [3.8, 4) is 0 Å². The molecule has 0 heterocycles. The molecule has 0 aliphatic heterocycles. The first-order chi connectivity index (χ1) is 18.9. The molecule has 196 valence electrons. The number of halogens is 2. The van der Waals surface area contributed by atoms with E-state index in [-0.39, 0.29) is 23.0 Å². The number of hydrogen-bond donors (Lipinski definition) is 3. The highest BCUT2D eigenvalue weighted by Crippen LogP contribution is 2.22. The minimum absolute atomic E-state index is 0.0782. The first kappa shape index (κ1) is 27.8. The van der Waals surface area contributed by atoms with Crippen LogP contribution in [0.15, 0.2) is 118 Å². The van der Waals surface area contributed by atoms with Crippen molar-refractivity contribution in [1.29, 1.82) is 0 Å². The Morgan fingerprint density at radius 3 is 2.15 bits per heavy atom. The van der Waals surface area contributed by atoms with Crippen LogP contribution < -0.4 is 16.0 Å². The molecule has 3 N–H and O–H groups in total. The Morgan fingerprint density at radius 1 is 0.795 bits per heavy atom. The van der Waals surface area contributed by atoms with Crippen molar-refractivity contribution in [3.63, 3.8) is 0 Å². The van der Waals surface area contributed by atoms with Crippen LogP contribution in [0.4, 0.5) is 15.8 Å². The van der Waals surface area contributed by atoms with Crippen LogP contribution in [0.3, 0.4) is 0 Å². The van der Waals surface area contributed by atoms with Crippen LogP contribution in [-0.2, 0) is 9.59 Å². The molecule has 0 saturated carbocycles. The summed E-state index contributed by atoms with van der Waals surface area (Å²) in [5, 5.41) is 8.05. The molecule has 0 radical (unpaired) electrons. The Labute approximate surface area is 237 Å². The van der Waals surface area contributed by atoms with Gasteiger partial charge < -0.3 is 16.0 Å². The van der Waals surface area contributed by atoms with Gasteiger partial charge in [-0.25, -0.2) is 4.39 Å². The first-order valence-corrected chi connectivity index (χ1v) is 13.6. The molecule has 6 nitrogen and oxygen atoms in total. The standard InChI is InChI=1S/C30H23BrFN3O3S/c31-22-12-10-20(11-13-22)18-27(35-29(37)21-6-2-1-3-7-21)30(38)33-23-14-16-24(17-15-23)39-19-28(36)34-26-9-5-4-8-25(26)32/h1-18H,19H2,(H,33,38)(H,34,36)(H,35,37)/b27-18-. The molecule has 0 fully saturated rings. The average Bonchev–Trinajstić information content (AvgIpc) is 2.95. The van der Waals surface area contributed by atoms with Crippen LogP contribution in [0, 0.1) is 5.82 Å². The maximum Gasteiger partial charge on any atom is 0.272 e. The van der Waals surface area contributed by atoms with E-state index in [0.717, 1.165) is 14.9 Å². The van der Waals surface area contributed by atoms with Gasteiger partial charge in [-0.15, -0.1) is 11.8 Å². The molecule has 0 aromatic heterocycles. The number of anilines is 2. The van der Waals surface area contributed by atoms with Gasteiger partial charge in [0.25, 0.3) is 11.8 Å².